The van der Waals surface area contributed by atoms with Crippen molar-refractivity contribution in [1.82, 2.24) is 0 Å². The lowest BCUT2D eigenvalue weighted by atomic mass is 9.89. The summed E-state index contributed by atoms with van der Waals surface area (Å²) in [5, 5.41) is 18.6. The Morgan fingerprint density at radius 2 is 1.33 bits per heavy atom. The first kappa shape index (κ1) is 21.2. The zero-order valence-corrected chi connectivity index (χ0v) is 13.2. The number of hydrogen-bond donors (Lipinski definition) is 1. The fraction of sp³-hybridized carbons (Fsp3) is 0.571. The quantitative estimate of drug-likeness (QED) is 0.402. The molecular formula is C14H17O10-. The molecule has 0 saturated carbocycles. The molecule has 0 aliphatic heterocycles. The maximum Gasteiger partial charge on any atom is 0.319 e. The number of carbonyl (C=O) groups is 6. The Morgan fingerprint density at radius 1 is 0.833 bits per heavy atom. The Bertz CT molecular complexity index is 546. The molecule has 0 aromatic heterocycles. The first-order valence-electron chi connectivity index (χ1n) is 6.84. The molecule has 0 unspecified atom stereocenters. The van der Waals surface area contributed by atoms with Gasteiger partial charge in [-0.05, 0) is 20.3 Å². The molecule has 1 N–H and O–H groups in total. The predicted molar refractivity (Wildman–Crippen MR) is 71.7 cm³/mol. The van der Waals surface area contributed by atoms with E-state index in [1.165, 1.54) is 13.8 Å². The molecule has 0 rings (SSSR count). The highest BCUT2D eigenvalue weighted by Gasteiger charge is 2.35. The number of carbonyl (C=O) groups excluding carboxylic acids is 5. The number of aliphatic carboxylic acids is 2. The van der Waals surface area contributed by atoms with E-state index < -0.39 is 73.3 Å². The van der Waals surface area contributed by atoms with Crippen molar-refractivity contribution in [3.05, 3.63) is 0 Å². The highest BCUT2D eigenvalue weighted by Crippen LogP contribution is 2.23. The van der Waals surface area contributed by atoms with Crippen molar-refractivity contribution in [3.8, 4) is 0 Å². The zero-order chi connectivity index (χ0) is 18.9. The standard InChI is InChI=1S/C14H18O10/c1-14(2,13(22)24-11(20)6-4-9(17)18)7-12(21)23-10(19)5-3-8(15)16/h3-7H2,1-2H3,(H,15,16)(H,17,18)/p-1. The number of rotatable bonds is 9. The van der Waals surface area contributed by atoms with E-state index in [-0.39, 0.29) is 0 Å². The summed E-state index contributed by atoms with van der Waals surface area (Å²) >= 11 is 0. The average molecular weight is 345 g/mol. The Labute approximate surface area is 136 Å². The Hall–Kier alpha value is -2.78. The van der Waals surface area contributed by atoms with Gasteiger partial charge in [-0.1, -0.05) is 0 Å². The van der Waals surface area contributed by atoms with Crippen LogP contribution in [0.1, 0.15) is 46.0 Å². The molecule has 0 radical (unpaired) electrons. The fourth-order valence-electron chi connectivity index (χ4n) is 1.35. The SMILES string of the molecule is CC(C)(CC(=O)OC(=O)CCC(=O)[O-])C(=O)OC(=O)CCC(=O)O. The van der Waals surface area contributed by atoms with E-state index in [9.17, 15) is 33.9 Å². The highest BCUT2D eigenvalue weighted by molar-refractivity contribution is 5.93. The molecule has 0 saturated heterocycles. The van der Waals surface area contributed by atoms with Crippen LogP contribution >= 0.6 is 0 Å². The molecule has 0 amide bonds. The first-order valence-corrected chi connectivity index (χ1v) is 6.84. The van der Waals surface area contributed by atoms with Crippen LogP contribution in [0.15, 0.2) is 0 Å². The summed E-state index contributed by atoms with van der Waals surface area (Å²) in [6.07, 6.45) is -2.80. The van der Waals surface area contributed by atoms with E-state index in [0.29, 0.717) is 0 Å². The summed E-state index contributed by atoms with van der Waals surface area (Å²) in [6, 6.07) is 0. The normalized spacial score (nSPS) is 10.6. The minimum atomic E-state index is -1.51. The number of ether oxygens (including phenoxy) is 2. The zero-order valence-electron chi connectivity index (χ0n) is 13.2. The van der Waals surface area contributed by atoms with Crippen molar-refractivity contribution >= 4 is 35.8 Å². The van der Waals surface area contributed by atoms with Crippen LogP contribution in [0.5, 0.6) is 0 Å². The van der Waals surface area contributed by atoms with E-state index in [1.54, 1.807) is 0 Å². The van der Waals surface area contributed by atoms with Crippen LogP contribution < -0.4 is 5.11 Å². The smallest absolute Gasteiger partial charge is 0.319 e. The van der Waals surface area contributed by atoms with Gasteiger partial charge >= 0.3 is 29.8 Å². The Balaban J connectivity index is 4.44. The molecular weight excluding hydrogens is 328 g/mol. The molecule has 0 aromatic rings. The van der Waals surface area contributed by atoms with Crippen LogP contribution in [0.25, 0.3) is 0 Å². The van der Waals surface area contributed by atoms with Gasteiger partial charge in [0.05, 0.1) is 31.1 Å². The molecule has 24 heavy (non-hydrogen) atoms. The van der Waals surface area contributed by atoms with Gasteiger partial charge in [-0.3, -0.25) is 24.0 Å². The number of carboxylic acids is 2. The summed E-state index contributed by atoms with van der Waals surface area (Å²) in [7, 11) is 0. The molecule has 0 fully saturated rings. The minimum Gasteiger partial charge on any atom is -0.550 e. The topological polar surface area (TPSA) is 164 Å². The van der Waals surface area contributed by atoms with Crippen molar-refractivity contribution in [2.45, 2.75) is 46.0 Å². The Morgan fingerprint density at radius 3 is 1.83 bits per heavy atom. The van der Waals surface area contributed by atoms with Crippen LogP contribution in [-0.2, 0) is 38.2 Å². The van der Waals surface area contributed by atoms with Crippen molar-refractivity contribution < 1.29 is 48.5 Å². The van der Waals surface area contributed by atoms with E-state index in [1.807, 2.05) is 0 Å². The van der Waals surface area contributed by atoms with Gasteiger partial charge in [0.1, 0.15) is 0 Å². The van der Waals surface area contributed by atoms with Crippen molar-refractivity contribution in [3.63, 3.8) is 0 Å². The predicted octanol–water partition coefficient (Wildman–Crippen LogP) is -1.06. The lowest BCUT2D eigenvalue weighted by Crippen LogP contribution is -2.32. The summed E-state index contributed by atoms with van der Waals surface area (Å²) in [4.78, 5) is 66.3. The van der Waals surface area contributed by atoms with Crippen LogP contribution in [0.4, 0.5) is 0 Å². The van der Waals surface area contributed by atoms with Gasteiger partial charge in [-0.2, -0.15) is 0 Å². The molecule has 10 nitrogen and oxygen atoms in total. The van der Waals surface area contributed by atoms with Gasteiger partial charge in [-0.25, -0.2) is 0 Å². The summed E-state index contributed by atoms with van der Waals surface area (Å²) in [5.74, 6) is -7.06. The minimum absolute atomic E-state index is 0.511. The number of hydrogen-bond acceptors (Lipinski definition) is 9. The van der Waals surface area contributed by atoms with Gasteiger partial charge in [0, 0.05) is 5.97 Å². The maximum atomic E-state index is 11.8. The van der Waals surface area contributed by atoms with Gasteiger partial charge in [-0.15, -0.1) is 0 Å². The second-order valence-electron chi connectivity index (χ2n) is 5.43. The van der Waals surface area contributed by atoms with E-state index in [4.69, 9.17) is 5.11 Å². The lowest BCUT2D eigenvalue weighted by Gasteiger charge is -2.20. The number of esters is 4. The molecule has 0 atom stereocenters. The van der Waals surface area contributed by atoms with E-state index in [2.05, 4.69) is 9.47 Å². The molecule has 0 spiro atoms. The van der Waals surface area contributed by atoms with Crippen LogP contribution in [0.2, 0.25) is 0 Å². The van der Waals surface area contributed by atoms with Crippen LogP contribution in [0.3, 0.4) is 0 Å². The van der Waals surface area contributed by atoms with Gasteiger partial charge in [0.25, 0.3) is 0 Å². The van der Waals surface area contributed by atoms with Crippen molar-refractivity contribution in [2.75, 3.05) is 0 Å². The molecule has 0 heterocycles. The lowest BCUT2D eigenvalue weighted by molar-refractivity contribution is -0.305. The third kappa shape index (κ3) is 9.28. The van der Waals surface area contributed by atoms with Gasteiger partial charge < -0.3 is 24.5 Å². The van der Waals surface area contributed by atoms with Crippen LogP contribution in [-0.4, -0.2) is 40.9 Å². The van der Waals surface area contributed by atoms with Gasteiger partial charge in [0.2, 0.25) is 0 Å². The van der Waals surface area contributed by atoms with Crippen molar-refractivity contribution in [1.29, 1.82) is 0 Å². The summed E-state index contributed by atoms with van der Waals surface area (Å²) < 4.78 is 8.76. The second-order valence-corrected chi connectivity index (χ2v) is 5.43. The molecule has 0 aromatic carbocycles. The number of carboxylic acid groups (broad SMARTS) is 2. The average Bonchev–Trinajstić information content (AvgIpc) is 2.42. The van der Waals surface area contributed by atoms with E-state index >= 15 is 0 Å². The van der Waals surface area contributed by atoms with Crippen molar-refractivity contribution in [2.24, 2.45) is 5.41 Å². The molecule has 0 aliphatic rings. The Kier molecular flexibility index (Phi) is 8.29. The second kappa shape index (κ2) is 9.38. The fourth-order valence-corrected chi connectivity index (χ4v) is 1.35. The maximum absolute atomic E-state index is 11.8. The van der Waals surface area contributed by atoms with E-state index in [0.717, 1.165) is 0 Å². The summed E-state index contributed by atoms with van der Waals surface area (Å²) in [6.45, 7) is 2.51. The highest BCUT2D eigenvalue weighted by atomic mass is 16.6. The molecule has 0 bridgehead atoms. The summed E-state index contributed by atoms with van der Waals surface area (Å²) in [5.41, 5.74) is -1.51. The molecule has 134 valence electrons. The third-order valence-electron chi connectivity index (χ3n) is 2.65. The van der Waals surface area contributed by atoms with Gasteiger partial charge in [0.15, 0.2) is 0 Å². The first-order chi connectivity index (χ1) is 10.9. The van der Waals surface area contributed by atoms with Crippen LogP contribution in [0, 0.1) is 5.41 Å². The third-order valence-corrected chi connectivity index (χ3v) is 2.65. The monoisotopic (exact) mass is 345 g/mol. The largest absolute Gasteiger partial charge is 0.550 e. The molecule has 10 heteroatoms. The molecule has 0 aliphatic carbocycles.